The molecule has 0 bridgehead atoms. The molecule has 0 amide bonds. The SMILES string of the molecule is CCC(O)CN(C)Cc1ccoc1C. The molecule has 1 unspecified atom stereocenters. The number of aryl methyl sites for hydroxylation is 1. The largest absolute Gasteiger partial charge is 0.469 e. The lowest BCUT2D eigenvalue weighted by atomic mass is 10.2. The third-order valence-electron chi connectivity index (χ3n) is 2.40. The molecule has 3 heteroatoms. The summed E-state index contributed by atoms with van der Waals surface area (Å²) in [5.41, 5.74) is 1.19. The van der Waals surface area contributed by atoms with Crippen molar-refractivity contribution in [3.05, 3.63) is 23.7 Å². The van der Waals surface area contributed by atoms with Gasteiger partial charge in [0, 0.05) is 18.7 Å². The predicted octanol–water partition coefficient (Wildman–Crippen LogP) is 1.79. The van der Waals surface area contributed by atoms with Crippen LogP contribution >= 0.6 is 0 Å². The summed E-state index contributed by atoms with van der Waals surface area (Å²) in [4.78, 5) is 2.10. The van der Waals surface area contributed by atoms with E-state index in [0.29, 0.717) is 6.54 Å². The van der Waals surface area contributed by atoms with Crippen LogP contribution in [0.5, 0.6) is 0 Å². The van der Waals surface area contributed by atoms with Gasteiger partial charge in [-0.2, -0.15) is 0 Å². The highest BCUT2D eigenvalue weighted by Crippen LogP contribution is 2.11. The Morgan fingerprint density at radius 1 is 1.57 bits per heavy atom. The third kappa shape index (κ3) is 3.16. The first-order valence-electron chi connectivity index (χ1n) is 5.03. The standard InChI is InChI=1S/C11H19NO2/c1-4-11(13)8-12(3)7-10-5-6-14-9(10)2/h5-6,11,13H,4,7-8H2,1-3H3. The molecule has 1 aromatic heterocycles. The second kappa shape index (κ2) is 5.17. The van der Waals surface area contributed by atoms with Crippen LogP contribution in [-0.4, -0.2) is 29.7 Å². The molecule has 0 aliphatic rings. The minimum Gasteiger partial charge on any atom is -0.469 e. The summed E-state index contributed by atoms with van der Waals surface area (Å²) in [6.07, 6.45) is 2.27. The lowest BCUT2D eigenvalue weighted by Gasteiger charge is -2.19. The average Bonchev–Trinajstić information content (AvgIpc) is 2.51. The number of nitrogens with zero attached hydrogens (tertiary/aromatic N) is 1. The molecule has 1 atom stereocenters. The summed E-state index contributed by atoms with van der Waals surface area (Å²) in [7, 11) is 2.01. The van der Waals surface area contributed by atoms with Crippen LogP contribution in [-0.2, 0) is 6.54 Å². The Morgan fingerprint density at radius 3 is 2.79 bits per heavy atom. The molecule has 1 aromatic rings. The molecule has 0 aromatic carbocycles. The predicted molar refractivity (Wildman–Crippen MR) is 56.1 cm³/mol. The van der Waals surface area contributed by atoms with Crippen LogP contribution in [0.4, 0.5) is 0 Å². The minimum atomic E-state index is -0.229. The van der Waals surface area contributed by atoms with E-state index in [-0.39, 0.29) is 6.10 Å². The van der Waals surface area contributed by atoms with E-state index in [9.17, 15) is 5.11 Å². The van der Waals surface area contributed by atoms with Crippen LogP contribution in [0.25, 0.3) is 0 Å². The van der Waals surface area contributed by atoms with Gasteiger partial charge in [-0.05, 0) is 26.5 Å². The molecule has 80 valence electrons. The summed E-state index contributed by atoms with van der Waals surface area (Å²) in [5.74, 6) is 0.961. The van der Waals surface area contributed by atoms with Gasteiger partial charge in [-0.3, -0.25) is 4.90 Å². The van der Waals surface area contributed by atoms with Gasteiger partial charge in [0.1, 0.15) is 5.76 Å². The topological polar surface area (TPSA) is 36.6 Å². The molecule has 0 saturated heterocycles. The van der Waals surface area contributed by atoms with Gasteiger partial charge < -0.3 is 9.52 Å². The Kier molecular flexibility index (Phi) is 4.17. The van der Waals surface area contributed by atoms with E-state index >= 15 is 0 Å². The summed E-state index contributed by atoms with van der Waals surface area (Å²) in [6, 6.07) is 1.98. The fourth-order valence-corrected chi connectivity index (χ4v) is 1.42. The number of hydrogen-bond acceptors (Lipinski definition) is 3. The Morgan fingerprint density at radius 2 is 2.29 bits per heavy atom. The van der Waals surface area contributed by atoms with E-state index in [1.165, 1.54) is 5.56 Å². The average molecular weight is 197 g/mol. The van der Waals surface area contributed by atoms with E-state index in [2.05, 4.69) is 4.90 Å². The summed E-state index contributed by atoms with van der Waals surface area (Å²) in [6.45, 7) is 5.49. The number of likely N-dealkylation sites (N-methyl/N-ethyl adjacent to an activating group) is 1. The smallest absolute Gasteiger partial charge is 0.105 e. The van der Waals surface area contributed by atoms with Crippen LogP contribution < -0.4 is 0 Å². The first-order valence-corrected chi connectivity index (χ1v) is 5.03. The monoisotopic (exact) mass is 197 g/mol. The summed E-state index contributed by atoms with van der Waals surface area (Å²) < 4.78 is 5.21. The number of aliphatic hydroxyl groups is 1. The van der Waals surface area contributed by atoms with Crippen molar-refractivity contribution in [2.24, 2.45) is 0 Å². The molecule has 1 heterocycles. The van der Waals surface area contributed by atoms with Crippen molar-refractivity contribution >= 4 is 0 Å². The van der Waals surface area contributed by atoms with Gasteiger partial charge in [0.25, 0.3) is 0 Å². The quantitative estimate of drug-likeness (QED) is 0.782. The fraction of sp³-hybridized carbons (Fsp3) is 0.636. The molecular weight excluding hydrogens is 178 g/mol. The maximum absolute atomic E-state index is 9.46. The molecule has 0 fully saturated rings. The van der Waals surface area contributed by atoms with Crippen LogP contribution in [0.15, 0.2) is 16.7 Å². The summed E-state index contributed by atoms with van der Waals surface area (Å²) >= 11 is 0. The lowest BCUT2D eigenvalue weighted by molar-refractivity contribution is 0.119. The highest BCUT2D eigenvalue weighted by Gasteiger charge is 2.08. The minimum absolute atomic E-state index is 0.229. The first kappa shape index (κ1) is 11.3. The number of furan rings is 1. The highest BCUT2D eigenvalue weighted by molar-refractivity contribution is 5.14. The zero-order valence-corrected chi connectivity index (χ0v) is 9.16. The molecule has 0 spiro atoms. The molecule has 0 radical (unpaired) electrons. The van der Waals surface area contributed by atoms with Crippen molar-refractivity contribution in [1.29, 1.82) is 0 Å². The number of rotatable bonds is 5. The van der Waals surface area contributed by atoms with Gasteiger partial charge in [-0.15, -0.1) is 0 Å². The molecule has 0 aliphatic carbocycles. The number of aliphatic hydroxyl groups excluding tert-OH is 1. The van der Waals surface area contributed by atoms with Gasteiger partial charge in [-0.25, -0.2) is 0 Å². The van der Waals surface area contributed by atoms with Crippen molar-refractivity contribution in [3.8, 4) is 0 Å². The fourth-order valence-electron chi connectivity index (χ4n) is 1.42. The van der Waals surface area contributed by atoms with Gasteiger partial charge in [0.05, 0.1) is 12.4 Å². The van der Waals surface area contributed by atoms with Gasteiger partial charge in [0.2, 0.25) is 0 Å². The van der Waals surface area contributed by atoms with Crippen LogP contribution in [0, 0.1) is 6.92 Å². The van der Waals surface area contributed by atoms with Crippen molar-refractivity contribution in [2.75, 3.05) is 13.6 Å². The molecular formula is C11H19NO2. The molecule has 14 heavy (non-hydrogen) atoms. The van der Waals surface area contributed by atoms with E-state index in [4.69, 9.17) is 4.42 Å². The van der Waals surface area contributed by atoms with Crippen LogP contribution in [0.3, 0.4) is 0 Å². The maximum Gasteiger partial charge on any atom is 0.105 e. The lowest BCUT2D eigenvalue weighted by Crippen LogP contribution is -2.28. The van der Waals surface area contributed by atoms with E-state index < -0.39 is 0 Å². The zero-order valence-electron chi connectivity index (χ0n) is 9.16. The first-order chi connectivity index (χ1) is 6.63. The zero-order chi connectivity index (χ0) is 10.6. The Balaban J connectivity index is 2.41. The van der Waals surface area contributed by atoms with Crippen molar-refractivity contribution in [2.45, 2.75) is 32.9 Å². The van der Waals surface area contributed by atoms with E-state index in [1.807, 2.05) is 27.0 Å². The van der Waals surface area contributed by atoms with E-state index in [0.717, 1.165) is 18.7 Å². The van der Waals surface area contributed by atoms with Crippen LogP contribution in [0.2, 0.25) is 0 Å². The highest BCUT2D eigenvalue weighted by atomic mass is 16.3. The Hall–Kier alpha value is -0.800. The number of hydrogen-bond donors (Lipinski definition) is 1. The van der Waals surface area contributed by atoms with E-state index in [1.54, 1.807) is 6.26 Å². The molecule has 1 rings (SSSR count). The maximum atomic E-state index is 9.46. The van der Waals surface area contributed by atoms with Crippen molar-refractivity contribution < 1.29 is 9.52 Å². The van der Waals surface area contributed by atoms with Crippen molar-refractivity contribution in [3.63, 3.8) is 0 Å². The van der Waals surface area contributed by atoms with Gasteiger partial charge >= 0.3 is 0 Å². The molecule has 1 N–H and O–H groups in total. The van der Waals surface area contributed by atoms with Gasteiger partial charge in [0.15, 0.2) is 0 Å². The van der Waals surface area contributed by atoms with Crippen molar-refractivity contribution in [1.82, 2.24) is 4.90 Å². The second-order valence-corrected chi connectivity index (χ2v) is 3.76. The molecule has 0 aliphatic heterocycles. The Labute approximate surface area is 85.3 Å². The molecule has 0 saturated carbocycles. The normalized spacial score (nSPS) is 13.5. The third-order valence-corrected chi connectivity index (χ3v) is 2.40. The second-order valence-electron chi connectivity index (χ2n) is 3.76. The Bertz CT molecular complexity index is 270. The molecule has 3 nitrogen and oxygen atoms in total. The van der Waals surface area contributed by atoms with Crippen LogP contribution in [0.1, 0.15) is 24.7 Å². The summed E-state index contributed by atoms with van der Waals surface area (Å²) in [5, 5.41) is 9.46. The van der Waals surface area contributed by atoms with Gasteiger partial charge in [-0.1, -0.05) is 6.92 Å².